The van der Waals surface area contributed by atoms with Gasteiger partial charge in [0.1, 0.15) is 5.88 Å². The van der Waals surface area contributed by atoms with Gasteiger partial charge in [-0.2, -0.15) is 0 Å². The molecule has 0 aromatic heterocycles. The van der Waals surface area contributed by atoms with Crippen LogP contribution in [0.4, 0.5) is 0 Å². The summed E-state index contributed by atoms with van der Waals surface area (Å²) in [6, 6.07) is 0. The fourth-order valence-corrected chi connectivity index (χ4v) is 0.782. The molecule has 0 fully saturated rings. The molecule has 1 N–H and O–H groups in total. The van der Waals surface area contributed by atoms with E-state index in [0.717, 1.165) is 0 Å². The molecule has 0 saturated heterocycles. The maximum absolute atomic E-state index is 11.0. The summed E-state index contributed by atoms with van der Waals surface area (Å²) in [6.45, 7) is 5.78. The van der Waals surface area contributed by atoms with Gasteiger partial charge < -0.3 is 0 Å². The standard InChI is InChI=1S/C8H14ClNO2/c1-8(2,3)4-6(11)10-7(12)5-9/h4-5H2,1-3H3,(H,10,11,12). The molecule has 0 heterocycles. The Bertz CT molecular complexity index is 184. The number of alkyl halides is 1. The Balaban J connectivity index is 3.83. The van der Waals surface area contributed by atoms with Crippen LogP contribution in [-0.2, 0) is 9.59 Å². The molecule has 0 radical (unpaired) electrons. The first-order valence-electron chi connectivity index (χ1n) is 3.74. The zero-order chi connectivity index (χ0) is 9.78. The van der Waals surface area contributed by atoms with Crippen LogP contribution in [-0.4, -0.2) is 17.7 Å². The zero-order valence-electron chi connectivity index (χ0n) is 7.61. The van der Waals surface area contributed by atoms with Crippen LogP contribution in [0.5, 0.6) is 0 Å². The highest BCUT2D eigenvalue weighted by atomic mass is 35.5. The molecule has 0 atom stereocenters. The van der Waals surface area contributed by atoms with Gasteiger partial charge >= 0.3 is 0 Å². The fraction of sp³-hybridized carbons (Fsp3) is 0.750. The van der Waals surface area contributed by atoms with Crippen molar-refractivity contribution in [3.8, 4) is 0 Å². The van der Waals surface area contributed by atoms with Gasteiger partial charge in [0, 0.05) is 6.42 Å². The van der Waals surface area contributed by atoms with Gasteiger partial charge in [0.25, 0.3) is 0 Å². The van der Waals surface area contributed by atoms with Crippen LogP contribution in [0.1, 0.15) is 27.2 Å². The van der Waals surface area contributed by atoms with Crippen LogP contribution >= 0.6 is 11.6 Å². The molecule has 0 saturated carbocycles. The Kier molecular flexibility index (Phi) is 4.24. The molecule has 70 valence electrons. The average Bonchev–Trinajstić information content (AvgIpc) is 1.82. The van der Waals surface area contributed by atoms with Crippen molar-refractivity contribution >= 4 is 23.4 Å². The Morgan fingerprint density at radius 2 is 1.75 bits per heavy atom. The van der Waals surface area contributed by atoms with Gasteiger partial charge in [-0.25, -0.2) is 0 Å². The second kappa shape index (κ2) is 4.45. The molecule has 12 heavy (non-hydrogen) atoms. The largest absolute Gasteiger partial charge is 0.295 e. The van der Waals surface area contributed by atoms with E-state index in [1.165, 1.54) is 0 Å². The van der Waals surface area contributed by atoms with Crippen molar-refractivity contribution in [2.45, 2.75) is 27.2 Å². The molecule has 0 aromatic carbocycles. The second-order valence-corrected chi connectivity index (χ2v) is 4.11. The van der Waals surface area contributed by atoms with Gasteiger partial charge in [-0.05, 0) is 5.41 Å². The first-order valence-corrected chi connectivity index (χ1v) is 4.27. The molecule has 0 unspecified atom stereocenters. The predicted molar refractivity (Wildman–Crippen MR) is 47.9 cm³/mol. The van der Waals surface area contributed by atoms with Gasteiger partial charge in [0.2, 0.25) is 11.8 Å². The third kappa shape index (κ3) is 6.16. The van der Waals surface area contributed by atoms with Crippen molar-refractivity contribution < 1.29 is 9.59 Å². The summed E-state index contributed by atoms with van der Waals surface area (Å²) >= 11 is 5.20. The summed E-state index contributed by atoms with van der Waals surface area (Å²) in [7, 11) is 0. The number of hydrogen-bond donors (Lipinski definition) is 1. The van der Waals surface area contributed by atoms with E-state index >= 15 is 0 Å². The van der Waals surface area contributed by atoms with Crippen LogP contribution in [0, 0.1) is 5.41 Å². The topological polar surface area (TPSA) is 46.2 Å². The minimum atomic E-state index is -0.439. The molecule has 0 rings (SSSR count). The zero-order valence-corrected chi connectivity index (χ0v) is 8.36. The molecule has 2 amide bonds. The van der Waals surface area contributed by atoms with Crippen LogP contribution in [0.25, 0.3) is 0 Å². The van der Waals surface area contributed by atoms with Crippen LogP contribution in [0.15, 0.2) is 0 Å². The molecule has 0 aromatic rings. The molecule has 4 heteroatoms. The smallest absolute Gasteiger partial charge is 0.241 e. The summed E-state index contributed by atoms with van der Waals surface area (Å²) in [4.78, 5) is 21.7. The highest BCUT2D eigenvalue weighted by Crippen LogP contribution is 2.17. The maximum Gasteiger partial charge on any atom is 0.241 e. The summed E-state index contributed by atoms with van der Waals surface area (Å²) in [5.74, 6) is -0.880. The molecule has 3 nitrogen and oxygen atoms in total. The van der Waals surface area contributed by atoms with Gasteiger partial charge in [0.05, 0.1) is 0 Å². The third-order valence-electron chi connectivity index (χ3n) is 1.09. The van der Waals surface area contributed by atoms with Gasteiger partial charge in [-0.15, -0.1) is 11.6 Å². The third-order valence-corrected chi connectivity index (χ3v) is 1.33. The van der Waals surface area contributed by atoms with E-state index in [2.05, 4.69) is 5.32 Å². The average molecular weight is 192 g/mol. The fourth-order valence-electron chi connectivity index (χ4n) is 0.715. The molecule has 0 aliphatic heterocycles. The van der Waals surface area contributed by atoms with E-state index in [1.54, 1.807) is 0 Å². The molecule has 0 bridgehead atoms. The SMILES string of the molecule is CC(C)(C)CC(=O)NC(=O)CCl. The lowest BCUT2D eigenvalue weighted by Crippen LogP contribution is -2.33. The molecular weight excluding hydrogens is 178 g/mol. The van der Waals surface area contributed by atoms with Gasteiger partial charge in [-0.3, -0.25) is 14.9 Å². The van der Waals surface area contributed by atoms with E-state index in [-0.39, 0.29) is 17.2 Å². The Morgan fingerprint density at radius 1 is 1.25 bits per heavy atom. The first-order chi connectivity index (χ1) is 5.35. The first kappa shape index (κ1) is 11.4. The molecular formula is C8H14ClNO2. The predicted octanol–water partition coefficient (Wildman–Crippen LogP) is 1.30. The van der Waals surface area contributed by atoms with Crippen molar-refractivity contribution in [1.29, 1.82) is 0 Å². The number of amides is 2. The van der Waals surface area contributed by atoms with E-state index < -0.39 is 5.91 Å². The molecule has 0 aliphatic carbocycles. The van der Waals surface area contributed by atoms with E-state index in [4.69, 9.17) is 11.6 Å². The van der Waals surface area contributed by atoms with Crippen LogP contribution < -0.4 is 5.32 Å². The van der Waals surface area contributed by atoms with Gasteiger partial charge in [0.15, 0.2) is 0 Å². The number of imide groups is 1. The monoisotopic (exact) mass is 191 g/mol. The Morgan fingerprint density at radius 3 is 2.08 bits per heavy atom. The lowest BCUT2D eigenvalue weighted by molar-refractivity contribution is -0.130. The van der Waals surface area contributed by atoms with Crippen molar-refractivity contribution in [2.75, 3.05) is 5.88 Å². The maximum atomic E-state index is 11.0. The minimum Gasteiger partial charge on any atom is -0.295 e. The van der Waals surface area contributed by atoms with Gasteiger partial charge in [-0.1, -0.05) is 20.8 Å². The summed E-state index contributed by atoms with van der Waals surface area (Å²) in [5, 5.41) is 2.18. The van der Waals surface area contributed by atoms with Crippen molar-refractivity contribution in [3.63, 3.8) is 0 Å². The summed E-state index contributed by atoms with van der Waals surface area (Å²) < 4.78 is 0. The number of carbonyl (C=O) groups excluding carboxylic acids is 2. The number of nitrogens with one attached hydrogen (secondary N) is 1. The highest BCUT2D eigenvalue weighted by molar-refractivity contribution is 6.28. The van der Waals surface area contributed by atoms with Crippen molar-refractivity contribution in [1.82, 2.24) is 5.32 Å². The number of halogens is 1. The van der Waals surface area contributed by atoms with Crippen molar-refractivity contribution in [2.24, 2.45) is 5.41 Å². The van der Waals surface area contributed by atoms with Crippen LogP contribution in [0.3, 0.4) is 0 Å². The number of carbonyl (C=O) groups is 2. The van der Waals surface area contributed by atoms with E-state index in [9.17, 15) is 9.59 Å². The normalized spacial score (nSPS) is 11.0. The van der Waals surface area contributed by atoms with E-state index in [1.807, 2.05) is 20.8 Å². The highest BCUT2D eigenvalue weighted by Gasteiger charge is 2.16. The van der Waals surface area contributed by atoms with Crippen molar-refractivity contribution in [3.05, 3.63) is 0 Å². The molecule has 0 aliphatic rings. The lowest BCUT2D eigenvalue weighted by atomic mass is 9.92. The minimum absolute atomic E-state index is 0.101. The Hall–Kier alpha value is -0.570. The molecule has 0 spiro atoms. The number of rotatable bonds is 2. The summed E-state index contributed by atoms with van der Waals surface area (Å²) in [6.07, 6.45) is 0.329. The second-order valence-electron chi connectivity index (χ2n) is 3.84. The van der Waals surface area contributed by atoms with E-state index in [0.29, 0.717) is 6.42 Å². The Labute approximate surface area is 77.5 Å². The van der Waals surface area contributed by atoms with Crippen LogP contribution in [0.2, 0.25) is 0 Å². The lowest BCUT2D eigenvalue weighted by Gasteiger charge is -2.16. The number of hydrogen-bond acceptors (Lipinski definition) is 2. The quantitative estimate of drug-likeness (QED) is 0.669. The summed E-state index contributed by atoms with van der Waals surface area (Å²) in [5.41, 5.74) is -0.101.